The molecule has 0 bridgehead atoms. The maximum absolute atomic E-state index is 12.9. The number of para-hydroxylation sites is 1. The minimum Gasteiger partial charge on any atom is -0.295 e. The number of hydrogen-bond acceptors (Lipinski definition) is 1. The molecular weight excluding hydrogens is 257 g/mol. The van der Waals surface area contributed by atoms with E-state index in [2.05, 4.69) is 5.10 Å². The number of halogens is 3. The molecule has 0 atom stereocenters. The minimum absolute atomic E-state index is 0.144. The van der Waals surface area contributed by atoms with Gasteiger partial charge in [-0.2, -0.15) is 13.2 Å². The highest BCUT2D eigenvalue weighted by atomic mass is 19.4. The van der Waals surface area contributed by atoms with Gasteiger partial charge in [0.1, 0.15) is 0 Å². The van der Waals surface area contributed by atoms with Crippen LogP contribution in [0.3, 0.4) is 0 Å². The lowest BCUT2D eigenvalue weighted by Crippen LogP contribution is -2.21. The zero-order valence-electron chi connectivity index (χ0n) is 9.92. The standard InChI is InChI=1S/C13H11F3N2O/c14-13(15,16)9-5-1-2-7-11(9)18-12(19)8-4-3-6-10(8)17-18/h1-2,5,7,17H,3-4,6H2. The molecular formula is C13H11F3N2O. The Hall–Kier alpha value is -1.98. The van der Waals surface area contributed by atoms with E-state index in [-0.39, 0.29) is 11.2 Å². The second-order valence-electron chi connectivity index (χ2n) is 4.58. The molecule has 1 aromatic heterocycles. The summed E-state index contributed by atoms with van der Waals surface area (Å²) in [5.74, 6) is 0. The van der Waals surface area contributed by atoms with Gasteiger partial charge in [-0.25, -0.2) is 4.68 Å². The first-order valence-electron chi connectivity index (χ1n) is 5.98. The van der Waals surface area contributed by atoms with E-state index < -0.39 is 11.7 Å². The lowest BCUT2D eigenvalue weighted by molar-refractivity contribution is -0.137. The maximum Gasteiger partial charge on any atom is 0.418 e. The fraction of sp³-hybridized carbons (Fsp3) is 0.308. The number of benzene rings is 1. The molecule has 0 amide bonds. The summed E-state index contributed by atoms with van der Waals surface area (Å²) in [7, 11) is 0. The Morgan fingerprint density at radius 3 is 2.58 bits per heavy atom. The highest BCUT2D eigenvalue weighted by Gasteiger charge is 2.34. The first-order chi connectivity index (χ1) is 8.98. The molecule has 0 spiro atoms. The van der Waals surface area contributed by atoms with Crippen LogP contribution >= 0.6 is 0 Å². The molecule has 100 valence electrons. The number of nitrogens with one attached hydrogen (secondary N) is 1. The lowest BCUT2D eigenvalue weighted by atomic mass is 10.1. The number of H-pyrrole nitrogens is 1. The van der Waals surface area contributed by atoms with Crippen molar-refractivity contribution in [3.63, 3.8) is 0 Å². The second kappa shape index (κ2) is 4.01. The summed E-state index contributed by atoms with van der Waals surface area (Å²) in [6.45, 7) is 0. The summed E-state index contributed by atoms with van der Waals surface area (Å²) in [5, 5.41) is 2.79. The minimum atomic E-state index is -4.48. The molecule has 3 rings (SSSR count). The monoisotopic (exact) mass is 268 g/mol. The van der Waals surface area contributed by atoms with Crippen molar-refractivity contribution in [1.29, 1.82) is 0 Å². The molecule has 3 nitrogen and oxygen atoms in total. The van der Waals surface area contributed by atoms with Gasteiger partial charge in [0.15, 0.2) is 0 Å². The van der Waals surface area contributed by atoms with Crippen LogP contribution in [0.4, 0.5) is 13.2 Å². The molecule has 1 aliphatic rings. The van der Waals surface area contributed by atoms with E-state index in [1.54, 1.807) is 0 Å². The topological polar surface area (TPSA) is 37.8 Å². The zero-order chi connectivity index (χ0) is 13.6. The smallest absolute Gasteiger partial charge is 0.295 e. The molecule has 0 unspecified atom stereocenters. The summed E-state index contributed by atoms with van der Waals surface area (Å²) < 4.78 is 39.8. The second-order valence-corrected chi connectivity index (χ2v) is 4.58. The van der Waals surface area contributed by atoms with E-state index in [1.165, 1.54) is 18.2 Å². The molecule has 0 saturated carbocycles. The fourth-order valence-electron chi connectivity index (χ4n) is 2.50. The molecule has 1 aliphatic carbocycles. The van der Waals surface area contributed by atoms with Crippen molar-refractivity contribution < 1.29 is 13.2 Å². The van der Waals surface area contributed by atoms with Crippen LogP contribution in [0.25, 0.3) is 5.69 Å². The van der Waals surface area contributed by atoms with Gasteiger partial charge in [0.2, 0.25) is 0 Å². The van der Waals surface area contributed by atoms with Crippen molar-refractivity contribution in [3.8, 4) is 5.69 Å². The maximum atomic E-state index is 12.9. The Morgan fingerprint density at radius 1 is 1.16 bits per heavy atom. The predicted molar refractivity (Wildman–Crippen MR) is 63.4 cm³/mol. The molecule has 0 saturated heterocycles. The third-order valence-electron chi connectivity index (χ3n) is 3.38. The molecule has 0 fully saturated rings. The quantitative estimate of drug-likeness (QED) is 0.848. The molecule has 6 heteroatoms. The van der Waals surface area contributed by atoms with Gasteiger partial charge in [0.05, 0.1) is 11.3 Å². The van der Waals surface area contributed by atoms with E-state index in [1.807, 2.05) is 0 Å². The Kier molecular flexibility index (Phi) is 2.55. The van der Waals surface area contributed by atoms with Gasteiger partial charge in [0.25, 0.3) is 5.56 Å². The van der Waals surface area contributed by atoms with Gasteiger partial charge in [-0.3, -0.25) is 9.89 Å². The summed E-state index contributed by atoms with van der Waals surface area (Å²) in [6, 6.07) is 5.08. The SMILES string of the molecule is O=c1c2c([nH]n1-c1ccccc1C(F)(F)F)CCC2. The van der Waals surface area contributed by atoms with Gasteiger partial charge < -0.3 is 0 Å². The van der Waals surface area contributed by atoms with Crippen molar-refractivity contribution >= 4 is 0 Å². The number of fused-ring (bicyclic) bond motifs is 1. The van der Waals surface area contributed by atoms with Crippen LogP contribution in [0.2, 0.25) is 0 Å². The normalized spacial score (nSPS) is 14.7. The van der Waals surface area contributed by atoms with Gasteiger partial charge in [-0.1, -0.05) is 12.1 Å². The summed E-state index contributed by atoms with van der Waals surface area (Å²) in [6.07, 6.45) is -2.26. The van der Waals surface area contributed by atoms with Crippen LogP contribution in [0.1, 0.15) is 23.2 Å². The van der Waals surface area contributed by atoms with E-state index in [0.29, 0.717) is 18.4 Å². The van der Waals surface area contributed by atoms with Crippen molar-refractivity contribution in [3.05, 3.63) is 51.4 Å². The Bertz CT molecular complexity index is 682. The number of alkyl halides is 3. The van der Waals surface area contributed by atoms with Crippen molar-refractivity contribution in [2.45, 2.75) is 25.4 Å². The molecule has 1 aromatic carbocycles. The average molecular weight is 268 g/mol. The largest absolute Gasteiger partial charge is 0.418 e. The lowest BCUT2D eigenvalue weighted by Gasteiger charge is -2.12. The predicted octanol–water partition coefficient (Wildman–Crippen LogP) is 2.67. The van der Waals surface area contributed by atoms with Gasteiger partial charge in [0, 0.05) is 11.3 Å². The van der Waals surface area contributed by atoms with Crippen LogP contribution in [0, 0.1) is 0 Å². The molecule has 1 N–H and O–H groups in total. The highest BCUT2D eigenvalue weighted by Crippen LogP contribution is 2.33. The van der Waals surface area contributed by atoms with Crippen molar-refractivity contribution in [2.24, 2.45) is 0 Å². The van der Waals surface area contributed by atoms with Crippen molar-refractivity contribution in [1.82, 2.24) is 9.78 Å². The first kappa shape index (κ1) is 12.1. The van der Waals surface area contributed by atoms with E-state index in [0.717, 1.165) is 22.9 Å². The van der Waals surface area contributed by atoms with Crippen LogP contribution in [0.15, 0.2) is 29.1 Å². The van der Waals surface area contributed by atoms with E-state index in [4.69, 9.17) is 0 Å². The zero-order valence-corrected chi connectivity index (χ0v) is 9.92. The Labute approximate surface area is 106 Å². The van der Waals surface area contributed by atoms with Crippen LogP contribution in [-0.2, 0) is 19.0 Å². The summed E-state index contributed by atoms with van der Waals surface area (Å²) in [5.41, 5.74) is 0.0366. The third kappa shape index (κ3) is 1.87. The number of aryl methyl sites for hydroxylation is 1. The van der Waals surface area contributed by atoms with Crippen LogP contribution < -0.4 is 5.56 Å². The average Bonchev–Trinajstić information content (AvgIpc) is 2.92. The highest BCUT2D eigenvalue weighted by molar-refractivity contribution is 5.43. The number of aromatic nitrogens is 2. The van der Waals surface area contributed by atoms with E-state index >= 15 is 0 Å². The Morgan fingerprint density at radius 2 is 1.89 bits per heavy atom. The molecule has 2 aromatic rings. The third-order valence-corrected chi connectivity index (χ3v) is 3.38. The summed E-state index contributed by atoms with van der Waals surface area (Å²) >= 11 is 0. The van der Waals surface area contributed by atoms with E-state index in [9.17, 15) is 18.0 Å². The number of nitrogens with zero attached hydrogens (tertiary/aromatic N) is 1. The molecule has 0 aliphatic heterocycles. The first-order valence-corrected chi connectivity index (χ1v) is 5.98. The fourth-order valence-corrected chi connectivity index (χ4v) is 2.50. The molecule has 1 heterocycles. The summed E-state index contributed by atoms with van der Waals surface area (Å²) in [4.78, 5) is 12.1. The Balaban J connectivity index is 2.21. The van der Waals surface area contributed by atoms with Crippen LogP contribution in [0.5, 0.6) is 0 Å². The molecule has 0 radical (unpaired) electrons. The number of aromatic amines is 1. The van der Waals surface area contributed by atoms with Crippen LogP contribution in [-0.4, -0.2) is 9.78 Å². The van der Waals surface area contributed by atoms with Crippen molar-refractivity contribution in [2.75, 3.05) is 0 Å². The van der Waals surface area contributed by atoms with Gasteiger partial charge >= 0.3 is 6.18 Å². The molecule has 19 heavy (non-hydrogen) atoms. The van der Waals surface area contributed by atoms with Gasteiger partial charge in [-0.15, -0.1) is 0 Å². The number of hydrogen-bond donors (Lipinski definition) is 1. The number of rotatable bonds is 1. The van der Waals surface area contributed by atoms with Gasteiger partial charge in [-0.05, 0) is 31.4 Å².